The molecule has 0 unspecified atom stereocenters. The van der Waals surface area contributed by atoms with Crippen molar-refractivity contribution in [2.45, 2.75) is 46.1 Å². The smallest absolute Gasteiger partial charge is 0.330 e. The fraction of sp³-hybridized carbons (Fsp3) is 0.542. The number of hydrogen-bond donors (Lipinski definition) is 3. The Hall–Kier alpha value is -3.27. The predicted molar refractivity (Wildman–Crippen MR) is 135 cm³/mol. The lowest BCUT2D eigenvalue weighted by Gasteiger charge is -2.36. The van der Waals surface area contributed by atoms with Gasteiger partial charge in [-0.05, 0) is 37.1 Å². The topological polar surface area (TPSA) is 128 Å². The Labute approximate surface area is 199 Å². The van der Waals surface area contributed by atoms with Gasteiger partial charge in [-0.15, -0.1) is 0 Å². The number of phenolic OH excluding ortho intramolecular Hbond substituents is 1. The van der Waals surface area contributed by atoms with Crippen molar-refractivity contribution in [3.05, 3.63) is 45.1 Å². The van der Waals surface area contributed by atoms with Crippen molar-refractivity contribution in [1.29, 1.82) is 0 Å². The fourth-order valence-corrected chi connectivity index (χ4v) is 4.16. The number of nitrogens with two attached hydrogens (primary N) is 1. The van der Waals surface area contributed by atoms with E-state index < -0.39 is 11.2 Å². The van der Waals surface area contributed by atoms with Crippen LogP contribution in [0, 0.1) is 0 Å². The minimum Gasteiger partial charge on any atom is -0.508 e. The van der Waals surface area contributed by atoms with E-state index >= 15 is 0 Å². The quantitative estimate of drug-likeness (QED) is 0.479. The number of anilines is 3. The molecule has 1 amide bonds. The fourth-order valence-electron chi connectivity index (χ4n) is 4.16. The number of unbranched alkanes of at least 4 members (excludes halogenated alkanes) is 2. The number of phenols is 1. The van der Waals surface area contributed by atoms with E-state index in [1.165, 1.54) is 9.47 Å². The lowest BCUT2D eigenvalue weighted by Crippen LogP contribution is -2.51. The highest BCUT2D eigenvalue weighted by molar-refractivity contribution is 5.96. The summed E-state index contributed by atoms with van der Waals surface area (Å²) in [6.45, 7) is 7.82. The van der Waals surface area contributed by atoms with Crippen LogP contribution in [0.25, 0.3) is 0 Å². The summed E-state index contributed by atoms with van der Waals surface area (Å²) in [5.74, 6) is 0.0728. The molecule has 2 aromatic rings. The van der Waals surface area contributed by atoms with E-state index in [0.717, 1.165) is 38.0 Å². The number of benzene rings is 1. The van der Waals surface area contributed by atoms with Gasteiger partial charge in [0.25, 0.3) is 5.56 Å². The number of carbonyl (C=O) groups is 1. The highest BCUT2D eigenvalue weighted by atomic mass is 16.3. The minimum absolute atomic E-state index is 0.0452. The first-order valence-corrected chi connectivity index (χ1v) is 12.0. The van der Waals surface area contributed by atoms with Gasteiger partial charge in [-0.2, -0.15) is 0 Å². The third-order valence-corrected chi connectivity index (χ3v) is 6.20. The van der Waals surface area contributed by atoms with E-state index in [0.29, 0.717) is 32.6 Å². The second-order valence-electron chi connectivity index (χ2n) is 8.68. The summed E-state index contributed by atoms with van der Waals surface area (Å²) in [5.41, 5.74) is 6.19. The molecule has 10 heteroatoms. The summed E-state index contributed by atoms with van der Waals surface area (Å²) in [4.78, 5) is 46.5. The van der Waals surface area contributed by atoms with Gasteiger partial charge < -0.3 is 20.6 Å². The average Bonchev–Trinajstić information content (AvgIpc) is 2.82. The molecule has 1 aliphatic rings. The number of carbonyl (C=O) groups excluding carboxylic acids is 1. The molecule has 10 nitrogen and oxygen atoms in total. The monoisotopic (exact) mass is 472 g/mol. The van der Waals surface area contributed by atoms with Gasteiger partial charge in [0.15, 0.2) is 5.69 Å². The molecule has 186 valence electrons. The maximum atomic E-state index is 13.4. The lowest BCUT2D eigenvalue weighted by atomic mass is 10.2. The molecule has 0 saturated carbocycles. The summed E-state index contributed by atoms with van der Waals surface area (Å²) in [7, 11) is 0. The second kappa shape index (κ2) is 11.7. The first-order valence-electron chi connectivity index (χ1n) is 12.0. The molecular formula is C24H36N6O4. The normalized spacial score (nSPS) is 14.4. The Balaban J connectivity index is 1.75. The van der Waals surface area contributed by atoms with Crippen LogP contribution in [0.4, 0.5) is 17.2 Å². The molecule has 2 heterocycles. The number of aromatic hydroxyl groups is 1. The molecule has 0 radical (unpaired) electrons. The molecule has 1 aliphatic heterocycles. The SMILES string of the molecule is CCCCN(C(=O)CN1CCN(c2ccc(O)cc2)CC1)c1c(N)n(CCCC)c(=O)[nH]c1=O. The Morgan fingerprint density at radius 1 is 1.06 bits per heavy atom. The van der Waals surface area contributed by atoms with Crippen molar-refractivity contribution in [2.75, 3.05) is 54.8 Å². The molecule has 0 aliphatic carbocycles. The van der Waals surface area contributed by atoms with Crippen LogP contribution in [-0.4, -0.2) is 64.7 Å². The molecule has 1 saturated heterocycles. The summed E-state index contributed by atoms with van der Waals surface area (Å²) in [5, 5.41) is 9.50. The summed E-state index contributed by atoms with van der Waals surface area (Å²) in [6, 6.07) is 7.09. The van der Waals surface area contributed by atoms with Crippen LogP contribution in [0.3, 0.4) is 0 Å². The maximum absolute atomic E-state index is 13.4. The van der Waals surface area contributed by atoms with Crippen LogP contribution < -0.4 is 26.8 Å². The molecule has 1 aromatic heterocycles. The molecule has 3 rings (SSSR count). The first-order chi connectivity index (χ1) is 16.3. The van der Waals surface area contributed by atoms with E-state index in [2.05, 4.69) is 14.8 Å². The lowest BCUT2D eigenvalue weighted by molar-refractivity contribution is -0.119. The summed E-state index contributed by atoms with van der Waals surface area (Å²) >= 11 is 0. The predicted octanol–water partition coefficient (Wildman–Crippen LogP) is 1.58. The Morgan fingerprint density at radius 3 is 2.32 bits per heavy atom. The van der Waals surface area contributed by atoms with E-state index in [1.54, 1.807) is 12.1 Å². The van der Waals surface area contributed by atoms with Crippen molar-refractivity contribution in [2.24, 2.45) is 0 Å². The van der Waals surface area contributed by atoms with Crippen molar-refractivity contribution < 1.29 is 9.90 Å². The van der Waals surface area contributed by atoms with Crippen LogP contribution >= 0.6 is 0 Å². The number of aromatic nitrogens is 2. The Bertz CT molecular complexity index is 1070. The standard InChI is InChI=1S/C24H36N6O4/c1-3-5-11-29(21-22(25)30(12-6-4-2)24(34)26-23(21)33)20(32)17-27-13-15-28(16-14-27)18-7-9-19(31)10-8-18/h7-10,31H,3-6,11-17,25H2,1-2H3,(H,26,33,34). The Kier molecular flexibility index (Phi) is 8.75. The van der Waals surface area contributed by atoms with Crippen molar-refractivity contribution in [3.8, 4) is 5.75 Å². The third-order valence-electron chi connectivity index (χ3n) is 6.20. The number of piperazine rings is 1. The highest BCUT2D eigenvalue weighted by Crippen LogP contribution is 2.21. The van der Waals surface area contributed by atoms with Gasteiger partial charge in [0.1, 0.15) is 11.6 Å². The minimum atomic E-state index is -0.628. The van der Waals surface area contributed by atoms with Crippen molar-refractivity contribution in [3.63, 3.8) is 0 Å². The van der Waals surface area contributed by atoms with E-state index in [1.807, 2.05) is 26.0 Å². The number of aromatic amines is 1. The van der Waals surface area contributed by atoms with Gasteiger partial charge >= 0.3 is 5.69 Å². The molecule has 0 atom stereocenters. The highest BCUT2D eigenvalue weighted by Gasteiger charge is 2.27. The van der Waals surface area contributed by atoms with Crippen molar-refractivity contribution >= 4 is 23.1 Å². The first kappa shape index (κ1) is 25.4. The van der Waals surface area contributed by atoms with Gasteiger partial charge in [-0.1, -0.05) is 26.7 Å². The molecular weight excluding hydrogens is 436 g/mol. The van der Waals surface area contributed by atoms with Crippen LogP contribution in [0.15, 0.2) is 33.9 Å². The Morgan fingerprint density at radius 2 is 1.71 bits per heavy atom. The molecule has 1 aromatic carbocycles. The number of amides is 1. The zero-order chi connectivity index (χ0) is 24.7. The number of hydrogen-bond acceptors (Lipinski definition) is 7. The molecule has 4 N–H and O–H groups in total. The average molecular weight is 473 g/mol. The van der Waals surface area contributed by atoms with Crippen LogP contribution in [0.5, 0.6) is 5.75 Å². The number of nitrogen functional groups attached to an aromatic ring is 1. The summed E-state index contributed by atoms with van der Waals surface area (Å²) in [6.07, 6.45) is 3.18. The van der Waals surface area contributed by atoms with E-state index in [4.69, 9.17) is 5.73 Å². The van der Waals surface area contributed by atoms with Gasteiger partial charge in [-0.25, -0.2) is 4.79 Å². The van der Waals surface area contributed by atoms with E-state index in [-0.39, 0.29) is 29.7 Å². The van der Waals surface area contributed by atoms with Crippen LogP contribution in [-0.2, 0) is 11.3 Å². The maximum Gasteiger partial charge on any atom is 0.330 e. The molecule has 0 bridgehead atoms. The number of H-pyrrole nitrogens is 1. The molecule has 34 heavy (non-hydrogen) atoms. The van der Waals surface area contributed by atoms with Gasteiger partial charge in [0.2, 0.25) is 5.91 Å². The molecule has 1 fully saturated rings. The van der Waals surface area contributed by atoms with Gasteiger partial charge in [0.05, 0.1) is 6.54 Å². The van der Waals surface area contributed by atoms with Crippen LogP contribution in [0.1, 0.15) is 39.5 Å². The number of rotatable bonds is 10. The summed E-state index contributed by atoms with van der Waals surface area (Å²) < 4.78 is 1.35. The second-order valence-corrected chi connectivity index (χ2v) is 8.68. The third kappa shape index (κ3) is 5.99. The largest absolute Gasteiger partial charge is 0.508 e. The van der Waals surface area contributed by atoms with E-state index in [9.17, 15) is 19.5 Å². The molecule has 0 spiro atoms. The van der Waals surface area contributed by atoms with Gasteiger partial charge in [-0.3, -0.25) is 24.0 Å². The zero-order valence-corrected chi connectivity index (χ0v) is 20.1. The number of nitrogens with zero attached hydrogens (tertiary/aromatic N) is 4. The van der Waals surface area contributed by atoms with Crippen LogP contribution in [0.2, 0.25) is 0 Å². The van der Waals surface area contributed by atoms with Gasteiger partial charge in [0, 0.05) is 45.0 Å². The number of nitrogens with one attached hydrogen (secondary N) is 1. The van der Waals surface area contributed by atoms with Crippen molar-refractivity contribution in [1.82, 2.24) is 14.5 Å². The zero-order valence-electron chi connectivity index (χ0n) is 20.1.